The smallest absolute Gasteiger partial charge is 0.168 e. The van der Waals surface area contributed by atoms with Crippen molar-refractivity contribution in [2.75, 3.05) is 46.4 Å². The van der Waals surface area contributed by atoms with Crippen LogP contribution in [0.4, 0.5) is 0 Å². The van der Waals surface area contributed by atoms with E-state index in [1.807, 2.05) is 18.2 Å². The lowest BCUT2D eigenvalue weighted by molar-refractivity contribution is -0.0322. The molecule has 6 heteroatoms. The molecule has 2 N–H and O–H groups in total. The molecule has 2 fully saturated rings. The summed E-state index contributed by atoms with van der Waals surface area (Å²) in [5.74, 6) is 1.58. The summed E-state index contributed by atoms with van der Waals surface area (Å²) in [7, 11) is 1.66. The standard InChI is InChI=1S/C21H30N2O4/c1-26-20-4-2-3-16-11-15(14-27-21(16)20)12-22-8-7-18(19(25)13-22)23-9-5-17(24)6-10-23/h2-4,11,17-19,24-25H,5-10,12-14H2,1H3/t18-,19-/m0/s1. The van der Waals surface area contributed by atoms with Gasteiger partial charge in [0.2, 0.25) is 0 Å². The Labute approximate surface area is 161 Å². The summed E-state index contributed by atoms with van der Waals surface area (Å²) in [5, 5.41) is 20.4. The molecule has 0 unspecified atom stereocenters. The number of hydrogen-bond acceptors (Lipinski definition) is 6. The van der Waals surface area contributed by atoms with Crippen LogP contribution in [0.5, 0.6) is 11.5 Å². The third kappa shape index (κ3) is 4.14. The molecule has 0 bridgehead atoms. The van der Waals surface area contributed by atoms with Crippen LogP contribution in [0.2, 0.25) is 0 Å². The maximum Gasteiger partial charge on any atom is 0.168 e. The summed E-state index contributed by atoms with van der Waals surface area (Å²) in [6.45, 7) is 4.82. The minimum absolute atomic E-state index is 0.168. The van der Waals surface area contributed by atoms with E-state index in [-0.39, 0.29) is 18.2 Å². The highest BCUT2D eigenvalue weighted by atomic mass is 16.5. The monoisotopic (exact) mass is 374 g/mol. The molecule has 0 aromatic heterocycles. The molecule has 0 radical (unpaired) electrons. The van der Waals surface area contributed by atoms with Crippen molar-refractivity contribution < 1.29 is 19.7 Å². The first kappa shape index (κ1) is 18.7. The van der Waals surface area contributed by atoms with Gasteiger partial charge in [-0.05, 0) is 37.0 Å². The Morgan fingerprint density at radius 1 is 1.15 bits per heavy atom. The molecule has 0 saturated carbocycles. The van der Waals surface area contributed by atoms with Gasteiger partial charge < -0.3 is 19.7 Å². The lowest BCUT2D eigenvalue weighted by atomic mass is 9.96. The highest BCUT2D eigenvalue weighted by Crippen LogP contribution is 2.35. The molecule has 1 aromatic rings. The molecule has 2 atom stereocenters. The van der Waals surface area contributed by atoms with Crippen molar-refractivity contribution >= 4 is 6.08 Å². The van der Waals surface area contributed by atoms with Crippen molar-refractivity contribution in [3.63, 3.8) is 0 Å². The number of hydrogen-bond donors (Lipinski definition) is 2. The fraction of sp³-hybridized carbons (Fsp3) is 0.619. The molecule has 3 heterocycles. The SMILES string of the molecule is COc1cccc2c1OCC(CN1CC[C@H](N3CCC(O)CC3)[C@@H](O)C1)=C2. The fourth-order valence-corrected chi connectivity index (χ4v) is 4.54. The van der Waals surface area contributed by atoms with E-state index >= 15 is 0 Å². The fourth-order valence-electron chi connectivity index (χ4n) is 4.54. The van der Waals surface area contributed by atoms with E-state index < -0.39 is 0 Å². The molecule has 3 aliphatic heterocycles. The molecule has 0 aliphatic carbocycles. The molecular formula is C21H30N2O4. The van der Waals surface area contributed by atoms with Gasteiger partial charge in [0.05, 0.1) is 19.3 Å². The van der Waals surface area contributed by atoms with Gasteiger partial charge in [-0.2, -0.15) is 0 Å². The van der Waals surface area contributed by atoms with Gasteiger partial charge >= 0.3 is 0 Å². The number of β-amino-alcohol motifs (C(OH)–C–C–N with tert-alkyl or cyclic N) is 1. The lowest BCUT2D eigenvalue weighted by Gasteiger charge is -2.44. The zero-order valence-electron chi connectivity index (χ0n) is 16.0. The number of para-hydroxylation sites is 1. The third-order valence-electron chi connectivity index (χ3n) is 6.02. The Bertz CT molecular complexity index is 685. The molecule has 1 aromatic carbocycles. The van der Waals surface area contributed by atoms with E-state index in [2.05, 4.69) is 15.9 Å². The summed E-state index contributed by atoms with van der Waals surface area (Å²) in [5.41, 5.74) is 2.28. The number of aliphatic hydroxyl groups is 2. The number of rotatable bonds is 4. The van der Waals surface area contributed by atoms with Gasteiger partial charge in [0.25, 0.3) is 0 Å². The second-order valence-electron chi connectivity index (χ2n) is 7.90. The Kier molecular flexibility index (Phi) is 5.68. The Balaban J connectivity index is 1.35. The van der Waals surface area contributed by atoms with E-state index in [0.29, 0.717) is 13.2 Å². The molecule has 0 amide bonds. The maximum absolute atomic E-state index is 10.7. The molecule has 3 aliphatic rings. The molecule has 4 rings (SSSR count). The zero-order chi connectivity index (χ0) is 18.8. The van der Waals surface area contributed by atoms with Crippen molar-refractivity contribution in [2.45, 2.75) is 37.5 Å². The number of nitrogens with zero attached hydrogens (tertiary/aromatic N) is 2. The van der Waals surface area contributed by atoms with Crippen LogP contribution in [0, 0.1) is 0 Å². The van der Waals surface area contributed by atoms with Gasteiger partial charge in [-0.1, -0.05) is 12.1 Å². The van der Waals surface area contributed by atoms with Crippen LogP contribution in [0.15, 0.2) is 23.8 Å². The molecular weight excluding hydrogens is 344 g/mol. The lowest BCUT2D eigenvalue weighted by Crippen LogP contribution is -2.56. The minimum atomic E-state index is -0.341. The molecule has 27 heavy (non-hydrogen) atoms. The third-order valence-corrected chi connectivity index (χ3v) is 6.02. The Morgan fingerprint density at radius 2 is 1.96 bits per heavy atom. The van der Waals surface area contributed by atoms with Gasteiger partial charge in [0.15, 0.2) is 11.5 Å². The number of ether oxygens (including phenoxy) is 2. The summed E-state index contributed by atoms with van der Waals surface area (Å²) in [6, 6.07) is 6.15. The van der Waals surface area contributed by atoms with E-state index in [4.69, 9.17) is 9.47 Å². The number of methoxy groups -OCH3 is 1. The summed E-state index contributed by atoms with van der Waals surface area (Å²) in [4.78, 5) is 4.68. The predicted molar refractivity (Wildman–Crippen MR) is 104 cm³/mol. The summed E-state index contributed by atoms with van der Waals surface area (Å²) >= 11 is 0. The number of fused-ring (bicyclic) bond motifs is 1. The number of benzene rings is 1. The van der Waals surface area contributed by atoms with Crippen LogP contribution in [0.3, 0.4) is 0 Å². The van der Waals surface area contributed by atoms with Gasteiger partial charge in [-0.25, -0.2) is 0 Å². The molecule has 0 spiro atoms. The highest BCUT2D eigenvalue weighted by molar-refractivity contribution is 5.66. The van der Waals surface area contributed by atoms with E-state index in [1.165, 1.54) is 5.57 Å². The van der Waals surface area contributed by atoms with E-state index in [9.17, 15) is 10.2 Å². The topological polar surface area (TPSA) is 65.4 Å². The quantitative estimate of drug-likeness (QED) is 0.830. The Morgan fingerprint density at radius 3 is 2.70 bits per heavy atom. The first-order valence-electron chi connectivity index (χ1n) is 9.96. The summed E-state index contributed by atoms with van der Waals surface area (Å²) < 4.78 is 11.3. The average molecular weight is 374 g/mol. The first-order chi connectivity index (χ1) is 13.1. The second kappa shape index (κ2) is 8.19. The van der Waals surface area contributed by atoms with Crippen LogP contribution in [0.25, 0.3) is 6.08 Å². The van der Waals surface area contributed by atoms with Gasteiger partial charge in [0.1, 0.15) is 6.61 Å². The van der Waals surface area contributed by atoms with Crippen molar-refractivity contribution in [2.24, 2.45) is 0 Å². The van der Waals surface area contributed by atoms with Crippen LogP contribution in [-0.4, -0.2) is 84.7 Å². The minimum Gasteiger partial charge on any atom is -0.493 e. The normalized spacial score (nSPS) is 27.6. The van der Waals surface area contributed by atoms with E-state index in [1.54, 1.807) is 7.11 Å². The number of aliphatic hydroxyl groups excluding tert-OH is 2. The van der Waals surface area contributed by atoms with Gasteiger partial charge in [-0.3, -0.25) is 9.80 Å². The highest BCUT2D eigenvalue weighted by Gasteiger charge is 2.34. The summed E-state index contributed by atoms with van der Waals surface area (Å²) in [6.07, 6.45) is 4.28. The average Bonchev–Trinajstić information content (AvgIpc) is 2.68. The van der Waals surface area contributed by atoms with Gasteiger partial charge in [0, 0.05) is 44.3 Å². The zero-order valence-corrected chi connectivity index (χ0v) is 16.0. The predicted octanol–water partition coefficient (Wildman–Crippen LogP) is 1.36. The number of piperidine rings is 2. The first-order valence-corrected chi connectivity index (χ1v) is 9.96. The molecule has 2 saturated heterocycles. The van der Waals surface area contributed by atoms with Crippen molar-refractivity contribution in [3.8, 4) is 11.5 Å². The van der Waals surface area contributed by atoms with Crippen LogP contribution in [0.1, 0.15) is 24.8 Å². The number of likely N-dealkylation sites (tertiary alicyclic amines) is 2. The van der Waals surface area contributed by atoms with Crippen LogP contribution >= 0.6 is 0 Å². The largest absolute Gasteiger partial charge is 0.493 e. The van der Waals surface area contributed by atoms with Crippen LogP contribution < -0.4 is 9.47 Å². The Hall–Kier alpha value is -1.60. The van der Waals surface area contributed by atoms with Crippen molar-refractivity contribution in [3.05, 3.63) is 29.3 Å². The van der Waals surface area contributed by atoms with Crippen LogP contribution in [-0.2, 0) is 0 Å². The second-order valence-corrected chi connectivity index (χ2v) is 7.90. The maximum atomic E-state index is 10.7. The van der Waals surface area contributed by atoms with Gasteiger partial charge in [-0.15, -0.1) is 0 Å². The van der Waals surface area contributed by atoms with Crippen molar-refractivity contribution in [1.82, 2.24) is 9.80 Å². The van der Waals surface area contributed by atoms with Crippen molar-refractivity contribution in [1.29, 1.82) is 0 Å². The molecule has 6 nitrogen and oxygen atoms in total. The van der Waals surface area contributed by atoms with E-state index in [0.717, 1.165) is 62.5 Å². The molecule has 148 valence electrons.